The molecular weight excluding hydrogens is 352 g/mol. The minimum Gasteiger partial charge on any atom is -0.335 e. The maximum Gasteiger partial charge on any atom is 0.255 e. The van der Waals surface area contributed by atoms with Crippen molar-refractivity contribution in [3.05, 3.63) is 33.3 Å². The van der Waals surface area contributed by atoms with Crippen LogP contribution in [-0.2, 0) is 0 Å². The van der Waals surface area contributed by atoms with Gasteiger partial charge in [-0.25, -0.2) is 0 Å². The van der Waals surface area contributed by atoms with Gasteiger partial charge in [0.2, 0.25) is 0 Å². The highest BCUT2D eigenvalue weighted by Gasteiger charge is 2.24. The summed E-state index contributed by atoms with van der Waals surface area (Å²) < 4.78 is 0.752. The number of benzene rings is 1. The minimum absolute atomic E-state index is 0.0564. The smallest absolute Gasteiger partial charge is 0.255 e. The first-order valence-corrected chi connectivity index (χ1v) is 8.65. The molecule has 1 aliphatic heterocycles. The molecule has 1 fully saturated rings. The number of amides is 1. The summed E-state index contributed by atoms with van der Waals surface area (Å²) in [5.74, 6) is 0.0564. The van der Waals surface area contributed by atoms with Crippen LogP contribution < -0.4 is 5.32 Å². The molecule has 0 saturated carbocycles. The first-order chi connectivity index (χ1) is 9.99. The SMILES string of the molecule is CC(C)N(CC1CCCCN1)C(=O)c1ccc(Cl)cc1Br. The molecule has 21 heavy (non-hydrogen) atoms. The van der Waals surface area contributed by atoms with E-state index in [9.17, 15) is 4.79 Å². The lowest BCUT2D eigenvalue weighted by atomic mass is 10.0. The first kappa shape index (κ1) is 16.8. The molecule has 3 nitrogen and oxygen atoms in total. The zero-order valence-corrected chi connectivity index (χ0v) is 14.9. The number of carbonyl (C=O) groups is 1. The van der Waals surface area contributed by atoms with E-state index in [2.05, 4.69) is 35.1 Å². The molecule has 1 saturated heterocycles. The summed E-state index contributed by atoms with van der Waals surface area (Å²) in [5.41, 5.74) is 0.670. The Bertz CT molecular complexity index is 501. The van der Waals surface area contributed by atoms with Crippen molar-refractivity contribution in [1.29, 1.82) is 0 Å². The monoisotopic (exact) mass is 372 g/mol. The Labute approximate surface area is 140 Å². The highest BCUT2D eigenvalue weighted by molar-refractivity contribution is 9.10. The molecule has 5 heteroatoms. The Morgan fingerprint density at radius 3 is 2.81 bits per heavy atom. The highest BCUT2D eigenvalue weighted by atomic mass is 79.9. The maximum atomic E-state index is 12.8. The summed E-state index contributed by atoms with van der Waals surface area (Å²) in [6.07, 6.45) is 3.61. The molecule has 1 N–H and O–H groups in total. The van der Waals surface area contributed by atoms with Gasteiger partial charge in [0.05, 0.1) is 5.56 Å². The number of hydrogen-bond acceptors (Lipinski definition) is 2. The van der Waals surface area contributed by atoms with Gasteiger partial charge in [-0.3, -0.25) is 4.79 Å². The molecule has 0 aromatic heterocycles. The van der Waals surface area contributed by atoms with Gasteiger partial charge in [0.25, 0.3) is 5.91 Å². The number of nitrogens with one attached hydrogen (secondary N) is 1. The third kappa shape index (κ3) is 4.44. The van der Waals surface area contributed by atoms with E-state index in [1.807, 2.05) is 4.90 Å². The van der Waals surface area contributed by atoms with Gasteiger partial charge in [-0.1, -0.05) is 18.0 Å². The van der Waals surface area contributed by atoms with E-state index >= 15 is 0 Å². The largest absolute Gasteiger partial charge is 0.335 e. The Balaban J connectivity index is 2.14. The summed E-state index contributed by atoms with van der Waals surface area (Å²) in [7, 11) is 0. The van der Waals surface area contributed by atoms with E-state index < -0.39 is 0 Å². The van der Waals surface area contributed by atoms with Gasteiger partial charge < -0.3 is 10.2 Å². The number of hydrogen-bond donors (Lipinski definition) is 1. The third-order valence-corrected chi connectivity index (χ3v) is 4.77. The van der Waals surface area contributed by atoms with Crippen LogP contribution in [0.25, 0.3) is 0 Å². The van der Waals surface area contributed by atoms with Crippen molar-refractivity contribution in [2.45, 2.75) is 45.2 Å². The molecule has 1 aromatic rings. The predicted octanol–water partition coefficient (Wildman–Crippen LogP) is 4.10. The van der Waals surface area contributed by atoms with Crippen molar-refractivity contribution >= 4 is 33.4 Å². The molecule has 0 aliphatic carbocycles. The maximum absolute atomic E-state index is 12.8. The van der Waals surface area contributed by atoms with E-state index in [4.69, 9.17) is 11.6 Å². The van der Waals surface area contributed by atoms with Gasteiger partial charge >= 0.3 is 0 Å². The van der Waals surface area contributed by atoms with Crippen LogP contribution in [0.2, 0.25) is 5.02 Å². The highest BCUT2D eigenvalue weighted by Crippen LogP contribution is 2.24. The van der Waals surface area contributed by atoms with Crippen molar-refractivity contribution < 1.29 is 4.79 Å². The second kappa shape index (κ2) is 7.61. The van der Waals surface area contributed by atoms with Gasteiger partial charge in [0.1, 0.15) is 0 Å². The van der Waals surface area contributed by atoms with Gasteiger partial charge in [0.15, 0.2) is 0 Å². The van der Waals surface area contributed by atoms with Crippen LogP contribution in [0.1, 0.15) is 43.5 Å². The zero-order chi connectivity index (χ0) is 15.4. The van der Waals surface area contributed by atoms with Crippen molar-refractivity contribution in [1.82, 2.24) is 10.2 Å². The van der Waals surface area contributed by atoms with Crippen molar-refractivity contribution in [3.8, 4) is 0 Å². The summed E-state index contributed by atoms with van der Waals surface area (Å²) in [6.45, 7) is 5.93. The van der Waals surface area contributed by atoms with Gasteiger partial charge in [-0.15, -0.1) is 0 Å². The average molecular weight is 374 g/mol. The molecule has 1 atom stereocenters. The Hall–Kier alpha value is -0.580. The topological polar surface area (TPSA) is 32.3 Å². The summed E-state index contributed by atoms with van der Waals surface area (Å²) in [6, 6.07) is 5.89. The van der Waals surface area contributed by atoms with Crippen LogP contribution in [0.15, 0.2) is 22.7 Å². The number of piperidine rings is 1. The summed E-state index contributed by atoms with van der Waals surface area (Å²) in [5, 5.41) is 4.14. The van der Waals surface area contributed by atoms with Gasteiger partial charge in [0, 0.05) is 28.1 Å². The van der Waals surface area contributed by atoms with Crippen molar-refractivity contribution in [3.63, 3.8) is 0 Å². The molecular formula is C16H22BrClN2O. The molecule has 1 amide bonds. The molecule has 0 spiro atoms. The minimum atomic E-state index is 0.0564. The summed E-state index contributed by atoms with van der Waals surface area (Å²) >= 11 is 9.40. The van der Waals surface area contributed by atoms with Crippen LogP contribution in [0.5, 0.6) is 0 Å². The van der Waals surface area contributed by atoms with E-state index in [-0.39, 0.29) is 11.9 Å². The van der Waals surface area contributed by atoms with E-state index in [1.54, 1.807) is 18.2 Å². The lowest BCUT2D eigenvalue weighted by Crippen LogP contribution is -2.48. The quantitative estimate of drug-likeness (QED) is 0.862. The van der Waals surface area contributed by atoms with Crippen LogP contribution in [0.4, 0.5) is 0 Å². The van der Waals surface area contributed by atoms with Crippen LogP contribution in [0, 0.1) is 0 Å². The third-order valence-electron chi connectivity index (χ3n) is 3.88. The Morgan fingerprint density at radius 2 is 2.24 bits per heavy atom. The van der Waals surface area contributed by atoms with Crippen LogP contribution in [-0.4, -0.2) is 36.0 Å². The molecule has 1 aliphatic rings. The van der Waals surface area contributed by atoms with Crippen LogP contribution >= 0.6 is 27.5 Å². The molecule has 0 bridgehead atoms. The zero-order valence-electron chi connectivity index (χ0n) is 12.5. The second-order valence-corrected chi connectivity index (χ2v) is 7.11. The molecule has 0 radical (unpaired) electrons. The molecule has 2 rings (SSSR count). The van der Waals surface area contributed by atoms with E-state index in [0.717, 1.165) is 24.0 Å². The molecule has 1 unspecified atom stereocenters. The van der Waals surface area contributed by atoms with Gasteiger partial charge in [-0.05, 0) is 67.4 Å². The van der Waals surface area contributed by atoms with Gasteiger partial charge in [-0.2, -0.15) is 0 Å². The Morgan fingerprint density at radius 1 is 1.48 bits per heavy atom. The fourth-order valence-electron chi connectivity index (χ4n) is 2.66. The lowest BCUT2D eigenvalue weighted by molar-refractivity contribution is 0.0676. The van der Waals surface area contributed by atoms with Crippen molar-refractivity contribution in [2.75, 3.05) is 13.1 Å². The molecule has 1 heterocycles. The average Bonchev–Trinajstić information content (AvgIpc) is 2.45. The van der Waals surface area contributed by atoms with E-state index in [0.29, 0.717) is 16.6 Å². The van der Waals surface area contributed by atoms with Crippen molar-refractivity contribution in [2.24, 2.45) is 0 Å². The number of halogens is 2. The summed E-state index contributed by atoms with van der Waals surface area (Å²) in [4.78, 5) is 14.8. The standard InChI is InChI=1S/C16H22BrClN2O/c1-11(2)20(10-13-5-3-4-8-19-13)16(21)14-7-6-12(18)9-15(14)17/h6-7,9,11,13,19H,3-5,8,10H2,1-2H3. The Kier molecular flexibility index (Phi) is 6.08. The molecule has 1 aromatic carbocycles. The fourth-order valence-corrected chi connectivity index (χ4v) is 3.52. The first-order valence-electron chi connectivity index (χ1n) is 7.48. The van der Waals surface area contributed by atoms with Crippen LogP contribution in [0.3, 0.4) is 0 Å². The normalized spacial score (nSPS) is 18.8. The number of nitrogens with zero attached hydrogens (tertiary/aromatic N) is 1. The number of rotatable bonds is 4. The molecule has 116 valence electrons. The predicted molar refractivity (Wildman–Crippen MR) is 91.0 cm³/mol. The van der Waals surface area contributed by atoms with E-state index in [1.165, 1.54) is 12.8 Å². The lowest BCUT2D eigenvalue weighted by Gasteiger charge is -2.33. The second-order valence-electron chi connectivity index (χ2n) is 5.82. The fraction of sp³-hybridized carbons (Fsp3) is 0.562. The number of carbonyl (C=O) groups excluding carboxylic acids is 1.